The second kappa shape index (κ2) is 4.34. The molecule has 0 aromatic carbocycles. The molecular formula is C17H20N6. The van der Waals surface area contributed by atoms with E-state index in [2.05, 4.69) is 31.9 Å². The number of fused-ring (bicyclic) bond motifs is 2. The van der Waals surface area contributed by atoms with Crippen molar-refractivity contribution in [3.05, 3.63) is 24.9 Å². The lowest BCUT2D eigenvalue weighted by Gasteiger charge is -2.22. The molecule has 0 radical (unpaired) electrons. The third kappa shape index (κ3) is 1.77. The van der Waals surface area contributed by atoms with Gasteiger partial charge in [0.25, 0.3) is 0 Å². The van der Waals surface area contributed by atoms with Crippen molar-refractivity contribution in [2.45, 2.75) is 19.8 Å². The predicted molar refractivity (Wildman–Crippen MR) is 89.1 cm³/mol. The number of rotatable bonds is 3. The van der Waals surface area contributed by atoms with Crippen molar-refractivity contribution < 1.29 is 0 Å². The van der Waals surface area contributed by atoms with Gasteiger partial charge in [-0.05, 0) is 24.2 Å². The highest BCUT2D eigenvalue weighted by Crippen LogP contribution is 2.60. The lowest BCUT2D eigenvalue weighted by molar-refractivity contribution is 0.509. The van der Waals surface area contributed by atoms with Crippen molar-refractivity contribution in [3.8, 4) is 11.1 Å². The number of aromatic amines is 1. The second-order valence-electron chi connectivity index (χ2n) is 7.02. The molecule has 1 saturated heterocycles. The number of H-pyrrole nitrogens is 1. The summed E-state index contributed by atoms with van der Waals surface area (Å²) in [6.45, 7) is 4.56. The minimum atomic E-state index is 0.544. The molecule has 3 aromatic rings. The van der Waals surface area contributed by atoms with E-state index in [9.17, 15) is 0 Å². The van der Waals surface area contributed by atoms with E-state index >= 15 is 0 Å². The number of nitrogens with one attached hydrogen (secondary N) is 1. The van der Waals surface area contributed by atoms with Gasteiger partial charge in [-0.3, -0.25) is 4.68 Å². The van der Waals surface area contributed by atoms with Gasteiger partial charge in [0.05, 0.1) is 11.6 Å². The molecule has 1 saturated carbocycles. The molecule has 2 fully saturated rings. The van der Waals surface area contributed by atoms with E-state index in [-0.39, 0.29) is 0 Å². The first-order valence-corrected chi connectivity index (χ1v) is 8.26. The molecule has 2 unspecified atom stereocenters. The van der Waals surface area contributed by atoms with E-state index < -0.39 is 0 Å². The summed E-state index contributed by atoms with van der Waals surface area (Å²) in [7, 11) is 1.94. The van der Waals surface area contributed by atoms with Crippen molar-refractivity contribution in [1.29, 1.82) is 0 Å². The SMILES string of the molecule is CCC12CC1CN(c1ncnc3[nH]cc(-c4cnn(C)c4)c13)C2. The number of nitrogens with zero attached hydrogens (tertiary/aromatic N) is 5. The van der Waals surface area contributed by atoms with Crippen LogP contribution >= 0.6 is 0 Å². The van der Waals surface area contributed by atoms with Crippen LogP contribution in [-0.2, 0) is 7.05 Å². The Morgan fingerprint density at radius 2 is 2.30 bits per heavy atom. The number of aromatic nitrogens is 5. The lowest BCUT2D eigenvalue weighted by Crippen LogP contribution is -2.25. The van der Waals surface area contributed by atoms with Crippen molar-refractivity contribution >= 4 is 16.9 Å². The maximum atomic E-state index is 4.64. The molecule has 6 heteroatoms. The fourth-order valence-corrected chi connectivity index (χ4v) is 4.27. The zero-order valence-electron chi connectivity index (χ0n) is 13.5. The summed E-state index contributed by atoms with van der Waals surface area (Å²) in [6.07, 6.45) is 10.3. The van der Waals surface area contributed by atoms with Crippen LogP contribution < -0.4 is 4.90 Å². The maximum absolute atomic E-state index is 4.64. The van der Waals surface area contributed by atoms with Crippen LogP contribution in [0.5, 0.6) is 0 Å². The Balaban J connectivity index is 1.63. The molecule has 1 aliphatic heterocycles. The van der Waals surface area contributed by atoms with Gasteiger partial charge in [-0.25, -0.2) is 9.97 Å². The van der Waals surface area contributed by atoms with Gasteiger partial charge < -0.3 is 9.88 Å². The van der Waals surface area contributed by atoms with Crippen LogP contribution in [0.15, 0.2) is 24.9 Å². The van der Waals surface area contributed by atoms with Gasteiger partial charge >= 0.3 is 0 Å². The Labute approximate surface area is 134 Å². The van der Waals surface area contributed by atoms with E-state index in [4.69, 9.17) is 0 Å². The largest absolute Gasteiger partial charge is 0.355 e. The van der Waals surface area contributed by atoms with E-state index in [0.717, 1.165) is 47.0 Å². The van der Waals surface area contributed by atoms with Crippen LogP contribution in [0.2, 0.25) is 0 Å². The van der Waals surface area contributed by atoms with Crippen LogP contribution in [0.4, 0.5) is 5.82 Å². The van der Waals surface area contributed by atoms with Crippen LogP contribution in [0.1, 0.15) is 19.8 Å². The highest BCUT2D eigenvalue weighted by molar-refractivity contribution is 6.01. The third-order valence-electron chi connectivity index (χ3n) is 5.77. The van der Waals surface area contributed by atoms with Gasteiger partial charge in [0.15, 0.2) is 0 Å². The fraction of sp³-hybridized carbons (Fsp3) is 0.471. The topological polar surface area (TPSA) is 62.6 Å². The quantitative estimate of drug-likeness (QED) is 0.808. The first kappa shape index (κ1) is 13.1. The molecule has 6 nitrogen and oxygen atoms in total. The first-order valence-electron chi connectivity index (χ1n) is 8.26. The standard InChI is InChI=1S/C17H20N6/c1-3-17-4-12(17)8-23(9-17)16-14-13(11-5-21-22(2)7-11)6-18-15(14)19-10-20-16/h5-7,10,12H,3-4,8-9H2,1-2H3,(H,18,19,20). The van der Waals surface area contributed by atoms with Gasteiger partial charge in [-0.15, -0.1) is 0 Å². The Kier molecular flexibility index (Phi) is 2.47. The second-order valence-corrected chi connectivity index (χ2v) is 7.02. The summed E-state index contributed by atoms with van der Waals surface area (Å²) in [5, 5.41) is 5.42. The minimum absolute atomic E-state index is 0.544. The van der Waals surface area contributed by atoms with E-state index in [1.54, 1.807) is 6.33 Å². The zero-order chi connectivity index (χ0) is 15.6. The smallest absolute Gasteiger partial charge is 0.143 e. The molecule has 23 heavy (non-hydrogen) atoms. The van der Waals surface area contributed by atoms with Crippen molar-refractivity contribution in [2.75, 3.05) is 18.0 Å². The summed E-state index contributed by atoms with van der Waals surface area (Å²) in [5.74, 6) is 1.91. The van der Waals surface area contributed by atoms with Gasteiger partial charge in [0, 0.05) is 43.7 Å². The first-order chi connectivity index (χ1) is 11.2. The molecule has 4 heterocycles. The van der Waals surface area contributed by atoms with Crippen molar-refractivity contribution in [3.63, 3.8) is 0 Å². The Hall–Kier alpha value is -2.37. The lowest BCUT2D eigenvalue weighted by atomic mass is 10.0. The molecule has 2 atom stereocenters. The van der Waals surface area contributed by atoms with Gasteiger partial charge in [-0.1, -0.05) is 6.92 Å². The summed E-state index contributed by atoms with van der Waals surface area (Å²) >= 11 is 0. The fourth-order valence-electron chi connectivity index (χ4n) is 4.27. The maximum Gasteiger partial charge on any atom is 0.143 e. The van der Waals surface area contributed by atoms with Crippen LogP contribution in [0, 0.1) is 11.3 Å². The van der Waals surface area contributed by atoms with E-state index in [0.29, 0.717) is 5.41 Å². The van der Waals surface area contributed by atoms with Crippen LogP contribution in [0.25, 0.3) is 22.2 Å². The Morgan fingerprint density at radius 1 is 1.39 bits per heavy atom. The van der Waals surface area contributed by atoms with Gasteiger partial charge in [0.1, 0.15) is 17.8 Å². The van der Waals surface area contributed by atoms with E-state index in [1.807, 2.05) is 30.3 Å². The summed E-state index contributed by atoms with van der Waals surface area (Å²) < 4.78 is 1.83. The molecule has 0 bridgehead atoms. The van der Waals surface area contributed by atoms with Gasteiger partial charge in [-0.2, -0.15) is 5.10 Å². The number of piperidine rings is 1. The molecule has 3 aromatic heterocycles. The molecule has 1 N–H and O–H groups in total. The average Bonchev–Trinajstić information content (AvgIpc) is 2.97. The summed E-state index contributed by atoms with van der Waals surface area (Å²) in [5.41, 5.74) is 3.68. The summed E-state index contributed by atoms with van der Waals surface area (Å²) in [6, 6.07) is 0. The molecule has 1 aliphatic carbocycles. The molecular weight excluding hydrogens is 288 g/mol. The Bertz CT molecular complexity index is 890. The number of aryl methyl sites for hydroxylation is 1. The predicted octanol–water partition coefficient (Wildman–Crippen LogP) is 2.59. The monoisotopic (exact) mass is 308 g/mol. The molecule has 0 amide bonds. The third-order valence-corrected chi connectivity index (χ3v) is 5.77. The molecule has 5 rings (SSSR count). The highest BCUT2D eigenvalue weighted by Gasteiger charge is 2.58. The van der Waals surface area contributed by atoms with E-state index in [1.165, 1.54) is 12.8 Å². The minimum Gasteiger partial charge on any atom is -0.355 e. The van der Waals surface area contributed by atoms with Crippen molar-refractivity contribution in [1.82, 2.24) is 24.7 Å². The van der Waals surface area contributed by atoms with Crippen LogP contribution in [-0.4, -0.2) is 37.8 Å². The highest BCUT2D eigenvalue weighted by atomic mass is 15.3. The van der Waals surface area contributed by atoms with Gasteiger partial charge in [0.2, 0.25) is 0 Å². The van der Waals surface area contributed by atoms with Crippen molar-refractivity contribution in [2.24, 2.45) is 18.4 Å². The zero-order valence-corrected chi connectivity index (χ0v) is 13.5. The number of hydrogen-bond donors (Lipinski definition) is 1. The summed E-state index contributed by atoms with van der Waals surface area (Å²) in [4.78, 5) is 14.8. The molecule has 2 aliphatic rings. The number of anilines is 1. The van der Waals surface area contributed by atoms with Crippen LogP contribution in [0.3, 0.4) is 0 Å². The molecule has 118 valence electrons. The normalized spacial score (nSPS) is 26.0. The average molecular weight is 308 g/mol. The Morgan fingerprint density at radius 3 is 3.04 bits per heavy atom. The molecule has 0 spiro atoms. The number of hydrogen-bond acceptors (Lipinski definition) is 4.